The van der Waals surface area contributed by atoms with Crippen LogP contribution in [-0.4, -0.2) is 38.7 Å². The molecule has 25 heavy (non-hydrogen) atoms. The minimum atomic E-state index is -4.58. The van der Waals surface area contributed by atoms with Gasteiger partial charge in [-0.15, -0.1) is 0 Å². The van der Waals surface area contributed by atoms with E-state index in [1.807, 2.05) is 0 Å². The van der Waals surface area contributed by atoms with E-state index in [-0.39, 0.29) is 30.0 Å². The average molecular weight is 352 g/mol. The van der Waals surface area contributed by atoms with Crippen LogP contribution in [0.25, 0.3) is 0 Å². The van der Waals surface area contributed by atoms with Crippen LogP contribution in [0, 0.1) is 0 Å². The minimum Gasteiger partial charge on any atom is -0.505 e. The molecule has 1 aromatic carbocycles. The smallest absolute Gasteiger partial charge is 0.416 e. The molecule has 0 radical (unpaired) electrons. The van der Waals surface area contributed by atoms with Crippen molar-refractivity contribution in [1.29, 1.82) is 0 Å². The number of halogens is 3. The van der Waals surface area contributed by atoms with Crippen LogP contribution in [0.15, 0.2) is 42.6 Å². The SMILES string of the molecule is O=C(c1ncccc1O)N1C[C@@H](O)C[C@@H]1c1ccccc1C(F)(F)F. The maximum Gasteiger partial charge on any atom is 0.416 e. The van der Waals surface area contributed by atoms with E-state index in [2.05, 4.69) is 4.98 Å². The number of pyridine rings is 1. The Balaban J connectivity index is 2.02. The lowest BCUT2D eigenvalue weighted by atomic mass is 9.97. The first kappa shape index (κ1) is 17.2. The van der Waals surface area contributed by atoms with Gasteiger partial charge in [0.2, 0.25) is 0 Å². The number of rotatable bonds is 2. The molecule has 8 heteroatoms. The molecule has 1 aliphatic rings. The molecule has 0 spiro atoms. The monoisotopic (exact) mass is 352 g/mol. The zero-order valence-electron chi connectivity index (χ0n) is 12.9. The number of hydrogen-bond donors (Lipinski definition) is 2. The lowest BCUT2D eigenvalue weighted by Gasteiger charge is -2.27. The first-order chi connectivity index (χ1) is 11.8. The summed E-state index contributed by atoms with van der Waals surface area (Å²) in [4.78, 5) is 17.6. The van der Waals surface area contributed by atoms with Crippen molar-refractivity contribution in [3.8, 4) is 5.75 Å². The maximum absolute atomic E-state index is 13.3. The molecule has 5 nitrogen and oxygen atoms in total. The highest BCUT2D eigenvalue weighted by atomic mass is 19.4. The second kappa shape index (κ2) is 6.36. The highest BCUT2D eigenvalue weighted by Gasteiger charge is 2.42. The zero-order valence-corrected chi connectivity index (χ0v) is 12.9. The molecule has 2 N–H and O–H groups in total. The Kier molecular flexibility index (Phi) is 4.38. The molecule has 2 aromatic rings. The number of carbonyl (C=O) groups is 1. The predicted octanol–water partition coefficient (Wildman–Crippen LogP) is 2.75. The number of alkyl halides is 3. The first-order valence-corrected chi connectivity index (χ1v) is 7.58. The highest BCUT2D eigenvalue weighted by molar-refractivity contribution is 5.95. The van der Waals surface area contributed by atoms with E-state index < -0.39 is 29.8 Å². The van der Waals surface area contributed by atoms with Crippen molar-refractivity contribution in [2.45, 2.75) is 24.7 Å². The summed E-state index contributed by atoms with van der Waals surface area (Å²) >= 11 is 0. The normalized spacial score (nSPS) is 20.7. The molecule has 3 rings (SSSR count). The van der Waals surface area contributed by atoms with Crippen LogP contribution in [0.1, 0.15) is 34.1 Å². The van der Waals surface area contributed by atoms with Gasteiger partial charge in [-0.3, -0.25) is 4.79 Å². The average Bonchev–Trinajstić information content (AvgIpc) is 2.96. The number of carbonyl (C=O) groups excluding carboxylic acids is 1. The van der Waals surface area contributed by atoms with Crippen LogP contribution in [0.4, 0.5) is 13.2 Å². The third-order valence-electron chi connectivity index (χ3n) is 4.15. The minimum absolute atomic E-state index is 0.0214. The number of likely N-dealkylation sites (tertiary alicyclic amines) is 1. The number of aliphatic hydroxyl groups is 1. The molecule has 2 heterocycles. The molecular formula is C17H15F3N2O3. The molecule has 132 valence electrons. The number of amides is 1. The summed E-state index contributed by atoms with van der Waals surface area (Å²) in [6.45, 7) is -0.133. The topological polar surface area (TPSA) is 73.7 Å². The summed E-state index contributed by atoms with van der Waals surface area (Å²) < 4.78 is 39.9. The molecule has 0 bridgehead atoms. The Bertz CT molecular complexity index is 795. The second-order valence-corrected chi connectivity index (χ2v) is 5.82. The molecular weight excluding hydrogens is 337 g/mol. The van der Waals surface area contributed by atoms with Crippen LogP contribution in [-0.2, 0) is 6.18 Å². The maximum atomic E-state index is 13.3. The van der Waals surface area contributed by atoms with Crippen LogP contribution in [0.5, 0.6) is 5.75 Å². The van der Waals surface area contributed by atoms with Gasteiger partial charge in [-0.2, -0.15) is 13.2 Å². The van der Waals surface area contributed by atoms with Crippen molar-refractivity contribution >= 4 is 5.91 Å². The van der Waals surface area contributed by atoms with Crippen LogP contribution in [0.2, 0.25) is 0 Å². The zero-order chi connectivity index (χ0) is 18.2. The Hall–Kier alpha value is -2.61. The van der Waals surface area contributed by atoms with E-state index in [9.17, 15) is 28.2 Å². The summed E-state index contributed by atoms with van der Waals surface area (Å²) in [5.74, 6) is -1.09. The van der Waals surface area contributed by atoms with Gasteiger partial charge < -0.3 is 15.1 Å². The number of benzene rings is 1. The van der Waals surface area contributed by atoms with Crippen LogP contribution >= 0.6 is 0 Å². The van der Waals surface area contributed by atoms with E-state index in [0.717, 1.165) is 11.0 Å². The van der Waals surface area contributed by atoms with E-state index >= 15 is 0 Å². The van der Waals surface area contributed by atoms with Crippen molar-refractivity contribution in [2.24, 2.45) is 0 Å². The quantitative estimate of drug-likeness (QED) is 0.872. The molecule has 0 saturated carbocycles. The fourth-order valence-electron chi connectivity index (χ4n) is 3.08. The highest BCUT2D eigenvalue weighted by Crippen LogP contribution is 2.41. The van der Waals surface area contributed by atoms with Crippen LogP contribution < -0.4 is 0 Å². The fraction of sp³-hybridized carbons (Fsp3) is 0.294. The van der Waals surface area contributed by atoms with Gasteiger partial charge in [0, 0.05) is 12.7 Å². The fourth-order valence-corrected chi connectivity index (χ4v) is 3.08. The van der Waals surface area contributed by atoms with E-state index in [4.69, 9.17) is 0 Å². The number of aliphatic hydroxyl groups excluding tert-OH is 1. The molecule has 1 aliphatic heterocycles. The second-order valence-electron chi connectivity index (χ2n) is 5.82. The Morgan fingerprint density at radius 3 is 2.60 bits per heavy atom. The van der Waals surface area contributed by atoms with E-state index in [1.54, 1.807) is 0 Å². The summed E-state index contributed by atoms with van der Waals surface area (Å²) in [6, 6.07) is 6.71. The molecule has 0 aliphatic carbocycles. The number of hydrogen-bond acceptors (Lipinski definition) is 4. The van der Waals surface area contributed by atoms with Crippen molar-refractivity contribution in [3.63, 3.8) is 0 Å². The van der Waals surface area contributed by atoms with Crippen molar-refractivity contribution in [1.82, 2.24) is 9.88 Å². The summed E-state index contributed by atoms with van der Waals surface area (Å²) in [5, 5.41) is 19.7. The Labute approximate surface area is 141 Å². The van der Waals surface area contributed by atoms with Crippen LogP contribution in [0.3, 0.4) is 0 Å². The molecule has 0 unspecified atom stereocenters. The van der Waals surface area contributed by atoms with E-state index in [1.165, 1.54) is 36.5 Å². The van der Waals surface area contributed by atoms with E-state index in [0.29, 0.717) is 0 Å². The van der Waals surface area contributed by atoms with Gasteiger partial charge in [-0.25, -0.2) is 4.98 Å². The Morgan fingerprint density at radius 2 is 1.92 bits per heavy atom. The number of β-amino-alcohol motifs (C(OH)–C–C–N with tert-alkyl or cyclic N) is 1. The molecule has 2 atom stereocenters. The van der Waals surface area contributed by atoms with Crippen molar-refractivity contribution in [3.05, 3.63) is 59.4 Å². The molecule has 1 amide bonds. The molecule has 1 aromatic heterocycles. The van der Waals surface area contributed by atoms with Gasteiger partial charge in [-0.1, -0.05) is 18.2 Å². The van der Waals surface area contributed by atoms with Crippen molar-refractivity contribution in [2.75, 3.05) is 6.54 Å². The number of aromatic nitrogens is 1. The third kappa shape index (κ3) is 3.30. The largest absolute Gasteiger partial charge is 0.505 e. The van der Waals surface area contributed by atoms with Gasteiger partial charge in [0.25, 0.3) is 5.91 Å². The number of aromatic hydroxyl groups is 1. The van der Waals surface area contributed by atoms with Gasteiger partial charge in [-0.05, 0) is 30.2 Å². The predicted molar refractivity (Wildman–Crippen MR) is 81.7 cm³/mol. The van der Waals surface area contributed by atoms with Crippen molar-refractivity contribution < 1.29 is 28.2 Å². The molecule has 1 saturated heterocycles. The third-order valence-corrected chi connectivity index (χ3v) is 4.15. The van der Waals surface area contributed by atoms with Gasteiger partial charge in [0.15, 0.2) is 5.69 Å². The Morgan fingerprint density at radius 1 is 1.20 bits per heavy atom. The summed E-state index contributed by atoms with van der Waals surface area (Å²) in [5.41, 5.74) is -1.20. The van der Waals surface area contributed by atoms with Gasteiger partial charge >= 0.3 is 6.18 Å². The standard InChI is InChI=1S/C17H15F3N2O3/c18-17(19,20)12-5-2-1-4-11(12)13-8-10(23)9-22(13)16(25)15-14(24)6-3-7-21-15/h1-7,10,13,23-24H,8-9H2/t10-,13+/m0/s1. The van der Waals surface area contributed by atoms with Gasteiger partial charge in [0.05, 0.1) is 17.7 Å². The number of nitrogens with zero attached hydrogens (tertiary/aromatic N) is 2. The molecule has 1 fully saturated rings. The lowest BCUT2D eigenvalue weighted by molar-refractivity contribution is -0.138. The first-order valence-electron chi connectivity index (χ1n) is 7.58. The summed E-state index contributed by atoms with van der Waals surface area (Å²) in [6.07, 6.45) is -4.25. The lowest BCUT2D eigenvalue weighted by Crippen LogP contribution is -2.33. The summed E-state index contributed by atoms with van der Waals surface area (Å²) in [7, 11) is 0. The van der Waals surface area contributed by atoms with Gasteiger partial charge in [0.1, 0.15) is 5.75 Å².